The Kier molecular flexibility index (Phi) is 4.71. The molecule has 0 bridgehead atoms. The number of benzene rings is 1. The van der Waals surface area contributed by atoms with Crippen LogP contribution in [0.25, 0.3) is 0 Å². The van der Waals surface area contributed by atoms with Crippen LogP contribution in [0.5, 0.6) is 5.75 Å². The Bertz CT molecular complexity index is 353. The van der Waals surface area contributed by atoms with E-state index in [1.165, 1.54) is 24.2 Å². The fourth-order valence-corrected chi connectivity index (χ4v) is 3.67. The van der Waals surface area contributed by atoms with Crippen LogP contribution in [0.3, 0.4) is 0 Å². The van der Waals surface area contributed by atoms with E-state index in [9.17, 15) is 0 Å². The number of thioether (sulfide) groups is 1. The summed E-state index contributed by atoms with van der Waals surface area (Å²) in [5, 5.41) is 0.557. The molecule has 2 unspecified atom stereocenters. The van der Waals surface area contributed by atoms with Crippen molar-refractivity contribution in [1.82, 2.24) is 5.43 Å². The van der Waals surface area contributed by atoms with Crippen molar-refractivity contribution in [2.45, 2.75) is 31.1 Å². The molecule has 1 heterocycles. The van der Waals surface area contributed by atoms with Gasteiger partial charge in [-0.2, -0.15) is 11.8 Å². The lowest BCUT2D eigenvalue weighted by atomic mass is 10.0. The van der Waals surface area contributed by atoms with Gasteiger partial charge in [0.15, 0.2) is 0 Å². The van der Waals surface area contributed by atoms with Crippen molar-refractivity contribution in [2.75, 3.05) is 12.4 Å². The molecule has 1 aliphatic heterocycles. The largest absolute Gasteiger partial charge is 0.494 e. The molecule has 1 fully saturated rings. The number of para-hydroxylation sites is 1. The van der Waals surface area contributed by atoms with Crippen LogP contribution in [0.1, 0.15) is 31.4 Å². The molecule has 17 heavy (non-hydrogen) atoms. The van der Waals surface area contributed by atoms with Crippen LogP contribution in [0.4, 0.5) is 0 Å². The Morgan fingerprint density at radius 1 is 1.53 bits per heavy atom. The molecule has 3 nitrogen and oxygen atoms in total. The predicted molar refractivity (Wildman–Crippen MR) is 73.2 cm³/mol. The van der Waals surface area contributed by atoms with Crippen LogP contribution in [-0.2, 0) is 0 Å². The minimum atomic E-state index is 0.185. The van der Waals surface area contributed by atoms with Crippen LogP contribution in [0.2, 0.25) is 0 Å². The normalized spacial score (nSPS) is 21.4. The molecule has 1 aliphatic rings. The lowest BCUT2D eigenvalue weighted by Crippen LogP contribution is -2.34. The van der Waals surface area contributed by atoms with Crippen LogP contribution in [0, 0.1) is 0 Å². The topological polar surface area (TPSA) is 47.3 Å². The zero-order valence-electron chi connectivity index (χ0n) is 10.2. The quantitative estimate of drug-likeness (QED) is 0.624. The molecule has 4 heteroatoms. The predicted octanol–water partition coefficient (Wildman–Crippen LogP) is 2.49. The standard InChI is InChI=1S/C13H20N2OS/c1-2-16-11-7-4-3-6-10(11)13(15-14)12-8-5-9-17-12/h3-4,6-7,12-13,15H,2,5,8-9,14H2,1H3. The van der Waals surface area contributed by atoms with E-state index >= 15 is 0 Å². The number of nitrogens with two attached hydrogens (primary N) is 1. The zero-order chi connectivity index (χ0) is 12.1. The number of rotatable bonds is 5. The van der Waals surface area contributed by atoms with Crippen LogP contribution < -0.4 is 16.0 Å². The molecule has 1 aromatic rings. The van der Waals surface area contributed by atoms with Gasteiger partial charge < -0.3 is 4.74 Å². The molecular formula is C13H20N2OS. The van der Waals surface area contributed by atoms with Gasteiger partial charge in [0.05, 0.1) is 12.6 Å². The molecule has 0 spiro atoms. The second kappa shape index (κ2) is 6.28. The maximum absolute atomic E-state index is 5.73. The smallest absolute Gasteiger partial charge is 0.124 e. The Balaban J connectivity index is 2.22. The second-order valence-corrected chi connectivity index (χ2v) is 5.51. The average molecular weight is 252 g/mol. The first-order valence-corrected chi connectivity index (χ1v) is 7.21. The SMILES string of the molecule is CCOc1ccccc1C(NN)C1CCCS1. The molecular weight excluding hydrogens is 232 g/mol. The summed E-state index contributed by atoms with van der Waals surface area (Å²) in [5.41, 5.74) is 4.14. The molecule has 0 saturated carbocycles. The Morgan fingerprint density at radius 3 is 3.00 bits per heavy atom. The van der Waals surface area contributed by atoms with Gasteiger partial charge in [0, 0.05) is 10.8 Å². The van der Waals surface area contributed by atoms with Crippen molar-refractivity contribution < 1.29 is 4.74 Å². The molecule has 1 aromatic carbocycles. The lowest BCUT2D eigenvalue weighted by molar-refractivity contribution is 0.330. The van der Waals surface area contributed by atoms with E-state index in [1.807, 2.05) is 36.9 Å². The highest BCUT2D eigenvalue weighted by Crippen LogP contribution is 2.38. The lowest BCUT2D eigenvalue weighted by Gasteiger charge is -2.24. The van der Waals surface area contributed by atoms with E-state index < -0.39 is 0 Å². The van der Waals surface area contributed by atoms with Gasteiger partial charge in [0.1, 0.15) is 5.75 Å². The highest BCUT2D eigenvalue weighted by molar-refractivity contribution is 8.00. The van der Waals surface area contributed by atoms with E-state index in [0.717, 1.165) is 5.75 Å². The molecule has 3 N–H and O–H groups in total. The monoisotopic (exact) mass is 252 g/mol. The maximum Gasteiger partial charge on any atom is 0.124 e. The molecule has 0 radical (unpaired) electrons. The van der Waals surface area contributed by atoms with Crippen LogP contribution >= 0.6 is 11.8 Å². The first kappa shape index (κ1) is 12.7. The van der Waals surface area contributed by atoms with E-state index in [0.29, 0.717) is 11.9 Å². The molecule has 94 valence electrons. The van der Waals surface area contributed by atoms with Gasteiger partial charge in [-0.3, -0.25) is 11.3 Å². The Hall–Kier alpha value is -0.710. The van der Waals surface area contributed by atoms with Crippen molar-refractivity contribution in [3.63, 3.8) is 0 Å². The molecule has 2 rings (SSSR count). The fraction of sp³-hybridized carbons (Fsp3) is 0.538. The zero-order valence-corrected chi connectivity index (χ0v) is 11.0. The highest BCUT2D eigenvalue weighted by atomic mass is 32.2. The Labute approximate surface area is 107 Å². The van der Waals surface area contributed by atoms with E-state index in [1.54, 1.807) is 0 Å². The summed E-state index contributed by atoms with van der Waals surface area (Å²) >= 11 is 2.00. The van der Waals surface area contributed by atoms with Gasteiger partial charge in [0.25, 0.3) is 0 Å². The minimum absolute atomic E-state index is 0.185. The van der Waals surface area contributed by atoms with E-state index in [2.05, 4.69) is 11.5 Å². The summed E-state index contributed by atoms with van der Waals surface area (Å²) in [5.74, 6) is 7.92. The minimum Gasteiger partial charge on any atom is -0.494 e. The Morgan fingerprint density at radius 2 is 2.35 bits per heavy atom. The fourth-order valence-electron chi connectivity index (χ4n) is 2.29. The second-order valence-electron chi connectivity index (χ2n) is 4.17. The number of nitrogens with one attached hydrogen (secondary N) is 1. The summed E-state index contributed by atoms with van der Waals surface area (Å²) in [7, 11) is 0. The van der Waals surface area contributed by atoms with Crippen molar-refractivity contribution in [1.29, 1.82) is 0 Å². The van der Waals surface area contributed by atoms with Crippen LogP contribution in [0.15, 0.2) is 24.3 Å². The first-order chi connectivity index (χ1) is 8.36. The van der Waals surface area contributed by atoms with Crippen molar-refractivity contribution in [3.8, 4) is 5.75 Å². The number of hydrazine groups is 1. The van der Waals surface area contributed by atoms with Gasteiger partial charge in [-0.1, -0.05) is 18.2 Å². The number of hydrogen-bond donors (Lipinski definition) is 2. The van der Waals surface area contributed by atoms with Crippen molar-refractivity contribution in [3.05, 3.63) is 29.8 Å². The number of ether oxygens (including phenoxy) is 1. The molecule has 2 atom stereocenters. The van der Waals surface area contributed by atoms with Gasteiger partial charge in [-0.25, -0.2) is 0 Å². The molecule has 0 aromatic heterocycles. The highest BCUT2D eigenvalue weighted by Gasteiger charge is 2.27. The van der Waals surface area contributed by atoms with Gasteiger partial charge in [-0.05, 0) is 31.6 Å². The first-order valence-electron chi connectivity index (χ1n) is 6.16. The van der Waals surface area contributed by atoms with Crippen molar-refractivity contribution in [2.24, 2.45) is 5.84 Å². The molecule has 1 saturated heterocycles. The average Bonchev–Trinajstić information content (AvgIpc) is 2.86. The third-order valence-corrected chi connectivity index (χ3v) is 4.53. The summed E-state index contributed by atoms with van der Waals surface area (Å²) in [6.45, 7) is 2.69. The van der Waals surface area contributed by atoms with E-state index in [4.69, 9.17) is 10.6 Å². The maximum atomic E-state index is 5.73. The summed E-state index contributed by atoms with van der Waals surface area (Å²) in [6.07, 6.45) is 2.50. The van der Waals surface area contributed by atoms with Gasteiger partial charge >= 0.3 is 0 Å². The molecule has 0 aliphatic carbocycles. The molecule has 0 amide bonds. The third-order valence-electron chi connectivity index (χ3n) is 3.07. The van der Waals surface area contributed by atoms with Gasteiger partial charge in [-0.15, -0.1) is 0 Å². The van der Waals surface area contributed by atoms with Gasteiger partial charge in [0.2, 0.25) is 0 Å². The number of hydrogen-bond acceptors (Lipinski definition) is 4. The summed E-state index contributed by atoms with van der Waals surface area (Å²) in [6, 6.07) is 8.35. The van der Waals surface area contributed by atoms with Crippen molar-refractivity contribution >= 4 is 11.8 Å². The summed E-state index contributed by atoms with van der Waals surface area (Å²) in [4.78, 5) is 0. The van der Waals surface area contributed by atoms with E-state index in [-0.39, 0.29) is 6.04 Å². The third kappa shape index (κ3) is 2.94. The summed E-state index contributed by atoms with van der Waals surface area (Å²) < 4.78 is 5.67. The van der Waals surface area contributed by atoms with Crippen LogP contribution in [-0.4, -0.2) is 17.6 Å².